The topological polar surface area (TPSA) is 51.8 Å². The lowest BCUT2D eigenvalue weighted by Crippen LogP contribution is -1.88. The number of halogens is 1. The largest absolute Gasteiger partial charge is 0.374 e. The minimum absolute atomic E-state index is 0.493. The summed E-state index contributed by atoms with van der Waals surface area (Å²) in [6.45, 7) is 0. The minimum Gasteiger partial charge on any atom is -0.374 e. The third-order valence-electron chi connectivity index (χ3n) is 1.78. The van der Waals surface area contributed by atoms with E-state index in [9.17, 15) is 0 Å². The Balaban J connectivity index is 2.23. The van der Waals surface area contributed by atoms with E-state index < -0.39 is 0 Å². The van der Waals surface area contributed by atoms with E-state index in [4.69, 9.17) is 17.3 Å². The number of rotatable bonds is 2. The van der Waals surface area contributed by atoms with Gasteiger partial charge in [0.2, 0.25) is 5.13 Å². The predicted octanol–water partition coefficient (Wildman–Crippen LogP) is 2.36. The number of nitrogens with two attached hydrogens (primary N) is 1. The Morgan fingerprint density at radius 3 is 2.71 bits per heavy atom. The smallest absolute Gasteiger partial charge is 0.203 e. The van der Waals surface area contributed by atoms with Crippen molar-refractivity contribution >= 4 is 28.1 Å². The Hall–Kier alpha value is -1.13. The molecular formula is C9H8ClN3S. The molecule has 0 unspecified atom stereocenters. The van der Waals surface area contributed by atoms with E-state index in [0.717, 1.165) is 15.6 Å². The zero-order valence-electron chi connectivity index (χ0n) is 7.27. The maximum atomic E-state index is 6.01. The van der Waals surface area contributed by atoms with Gasteiger partial charge in [0.25, 0.3) is 0 Å². The van der Waals surface area contributed by atoms with Crippen molar-refractivity contribution in [3.05, 3.63) is 39.9 Å². The number of benzene rings is 1. The van der Waals surface area contributed by atoms with Gasteiger partial charge >= 0.3 is 0 Å². The van der Waals surface area contributed by atoms with Gasteiger partial charge in [0.15, 0.2) is 0 Å². The second-order valence-electron chi connectivity index (χ2n) is 2.80. The summed E-state index contributed by atoms with van der Waals surface area (Å²) in [5, 5.41) is 9.81. The van der Waals surface area contributed by atoms with Gasteiger partial charge in [0.05, 0.1) is 0 Å². The molecule has 0 radical (unpaired) electrons. The van der Waals surface area contributed by atoms with Gasteiger partial charge in [-0.1, -0.05) is 41.1 Å². The lowest BCUT2D eigenvalue weighted by atomic mass is 10.2. The molecular weight excluding hydrogens is 218 g/mol. The highest BCUT2D eigenvalue weighted by molar-refractivity contribution is 7.15. The second-order valence-corrected chi connectivity index (χ2v) is 4.30. The maximum absolute atomic E-state index is 6.01. The quantitative estimate of drug-likeness (QED) is 0.854. The van der Waals surface area contributed by atoms with Crippen molar-refractivity contribution in [3.63, 3.8) is 0 Å². The van der Waals surface area contributed by atoms with Crippen LogP contribution in [-0.2, 0) is 6.42 Å². The van der Waals surface area contributed by atoms with Gasteiger partial charge in [0, 0.05) is 11.4 Å². The van der Waals surface area contributed by atoms with Crippen LogP contribution in [0.5, 0.6) is 0 Å². The Labute approximate surface area is 90.5 Å². The van der Waals surface area contributed by atoms with Gasteiger partial charge in [0.1, 0.15) is 5.01 Å². The molecule has 1 heterocycles. The van der Waals surface area contributed by atoms with Gasteiger partial charge in [-0.15, -0.1) is 10.2 Å². The highest BCUT2D eigenvalue weighted by atomic mass is 35.5. The summed E-state index contributed by atoms with van der Waals surface area (Å²) in [5.41, 5.74) is 6.53. The van der Waals surface area contributed by atoms with E-state index in [0.29, 0.717) is 11.6 Å². The van der Waals surface area contributed by atoms with Crippen molar-refractivity contribution in [2.45, 2.75) is 6.42 Å². The number of nitrogens with zero attached hydrogens (tertiary/aromatic N) is 2. The first-order valence-electron chi connectivity index (χ1n) is 4.07. The molecule has 3 nitrogen and oxygen atoms in total. The lowest BCUT2D eigenvalue weighted by molar-refractivity contribution is 1.01. The van der Waals surface area contributed by atoms with Gasteiger partial charge in [-0.05, 0) is 11.6 Å². The average molecular weight is 226 g/mol. The molecule has 0 fully saturated rings. The van der Waals surface area contributed by atoms with Crippen LogP contribution < -0.4 is 5.73 Å². The van der Waals surface area contributed by atoms with Crippen LogP contribution in [0.25, 0.3) is 0 Å². The summed E-state index contributed by atoms with van der Waals surface area (Å²) in [6, 6.07) is 7.69. The van der Waals surface area contributed by atoms with Crippen LogP contribution in [0.1, 0.15) is 10.6 Å². The average Bonchev–Trinajstić information content (AvgIpc) is 2.56. The normalized spacial score (nSPS) is 10.4. The molecule has 0 aliphatic heterocycles. The van der Waals surface area contributed by atoms with Crippen LogP contribution in [0.3, 0.4) is 0 Å². The third-order valence-corrected chi connectivity index (χ3v) is 2.90. The Morgan fingerprint density at radius 1 is 1.29 bits per heavy atom. The number of hydrogen-bond donors (Lipinski definition) is 1. The summed E-state index contributed by atoms with van der Waals surface area (Å²) in [6.07, 6.45) is 0.689. The second kappa shape index (κ2) is 3.94. The van der Waals surface area contributed by atoms with Crippen molar-refractivity contribution in [1.82, 2.24) is 10.2 Å². The van der Waals surface area contributed by atoms with Crippen molar-refractivity contribution in [3.8, 4) is 0 Å². The van der Waals surface area contributed by atoms with Crippen LogP contribution in [0, 0.1) is 0 Å². The molecule has 2 N–H and O–H groups in total. The Bertz CT molecular complexity index is 441. The molecule has 2 aromatic rings. The molecule has 14 heavy (non-hydrogen) atoms. The Kier molecular flexibility index (Phi) is 2.65. The zero-order valence-corrected chi connectivity index (χ0v) is 8.85. The molecule has 0 atom stereocenters. The highest BCUT2D eigenvalue weighted by Gasteiger charge is 2.04. The molecule has 1 aromatic carbocycles. The van der Waals surface area contributed by atoms with E-state index in [1.165, 1.54) is 11.3 Å². The molecule has 0 bridgehead atoms. The standard InChI is InChI=1S/C9H8ClN3S/c10-7-4-2-1-3-6(7)5-8-12-13-9(11)14-8/h1-4H,5H2,(H2,11,13). The Morgan fingerprint density at radius 2 is 2.07 bits per heavy atom. The third kappa shape index (κ3) is 2.02. The van der Waals surface area contributed by atoms with E-state index in [-0.39, 0.29) is 0 Å². The first kappa shape index (κ1) is 9.43. The highest BCUT2D eigenvalue weighted by Crippen LogP contribution is 2.21. The van der Waals surface area contributed by atoms with Gasteiger partial charge in [-0.3, -0.25) is 0 Å². The van der Waals surface area contributed by atoms with Crippen LogP contribution in [0.15, 0.2) is 24.3 Å². The molecule has 5 heteroatoms. The van der Waals surface area contributed by atoms with Crippen molar-refractivity contribution in [2.75, 3.05) is 5.73 Å². The number of anilines is 1. The zero-order chi connectivity index (χ0) is 9.97. The molecule has 0 aliphatic carbocycles. The predicted molar refractivity (Wildman–Crippen MR) is 58.6 cm³/mol. The minimum atomic E-state index is 0.493. The van der Waals surface area contributed by atoms with E-state index >= 15 is 0 Å². The molecule has 0 saturated carbocycles. The molecule has 0 spiro atoms. The molecule has 0 saturated heterocycles. The molecule has 1 aromatic heterocycles. The molecule has 0 amide bonds. The number of hydrogen-bond acceptors (Lipinski definition) is 4. The van der Waals surface area contributed by atoms with Crippen LogP contribution >= 0.6 is 22.9 Å². The fourth-order valence-corrected chi connectivity index (χ4v) is 1.98. The lowest BCUT2D eigenvalue weighted by Gasteiger charge is -1.99. The molecule has 72 valence electrons. The first-order chi connectivity index (χ1) is 6.75. The van der Waals surface area contributed by atoms with Gasteiger partial charge in [-0.2, -0.15) is 0 Å². The molecule has 0 aliphatic rings. The van der Waals surface area contributed by atoms with Crippen LogP contribution in [0.4, 0.5) is 5.13 Å². The summed E-state index contributed by atoms with van der Waals surface area (Å²) in [5.74, 6) is 0. The van der Waals surface area contributed by atoms with E-state index in [1.54, 1.807) is 0 Å². The molecule has 2 rings (SSSR count). The van der Waals surface area contributed by atoms with Crippen molar-refractivity contribution in [2.24, 2.45) is 0 Å². The fraction of sp³-hybridized carbons (Fsp3) is 0.111. The van der Waals surface area contributed by atoms with Crippen LogP contribution in [-0.4, -0.2) is 10.2 Å². The van der Waals surface area contributed by atoms with E-state index in [1.807, 2.05) is 24.3 Å². The maximum Gasteiger partial charge on any atom is 0.203 e. The summed E-state index contributed by atoms with van der Waals surface area (Å²) >= 11 is 7.39. The SMILES string of the molecule is Nc1nnc(Cc2ccccc2Cl)s1. The summed E-state index contributed by atoms with van der Waals surface area (Å²) < 4.78 is 0. The van der Waals surface area contributed by atoms with Gasteiger partial charge in [-0.25, -0.2) is 0 Å². The van der Waals surface area contributed by atoms with Gasteiger partial charge < -0.3 is 5.73 Å². The first-order valence-corrected chi connectivity index (χ1v) is 5.26. The van der Waals surface area contributed by atoms with Crippen molar-refractivity contribution in [1.29, 1.82) is 0 Å². The van der Waals surface area contributed by atoms with Crippen LogP contribution in [0.2, 0.25) is 5.02 Å². The monoisotopic (exact) mass is 225 g/mol. The van der Waals surface area contributed by atoms with E-state index in [2.05, 4.69) is 10.2 Å². The van der Waals surface area contributed by atoms with Crippen molar-refractivity contribution < 1.29 is 0 Å². The number of aromatic nitrogens is 2. The number of nitrogen functional groups attached to an aromatic ring is 1. The fourth-order valence-electron chi connectivity index (χ4n) is 1.14. The summed E-state index contributed by atoms with van der Waals surface area (Å²) in [7, 11) is 0. The summed E-state index contributed by atoms with van der Waals surface area (Å²) in [4.78, 5) is 0.